The van der Waals surface area contributed by atoms with E-state index in [9.17, 15) is 4.79 Å². The van der Waals surface area contributed by atoms with Crippen LogP contribution in [0.5, 0.6) is 5.75 Å². The molecular formula is C19H23N3O3. The minimum absolute atomic E-state index is 0.253. The Balaban J connectivity index is 1.36. The molecule has 1 aromatic heterocycles. The van der Waals surface area contributed by atoms with Gasteiger partial charge in [-0.3, -0.25) is 4.90 Å². The van der Waals surface area contributed by atoms with Gasteiger partial charge in [0.25, 0.3) is 0 Å². The molecule has 25 heavy (non-hydrogen) atoms. The molecule has 1 aliphatic rings. The second kappa shape index (κ2) is 8.48. The first-order valence-corrected chi connectivity index (χ1v) is 8.57. The standard InChI is InChI=1S/C19H23N3O3/c23-19(24)16-5-3-6-17(15-16)25-14-4-9-21-10-12-22(13-11-21)18-7-1-2-8-20-18/h1-3,5-8,15H,4,9-14H2,(H,23,24). The van der Waals surface area contributed by atoms with Crippen LogP contribution in [-0.2, 0) is 0 Å². The van der Waals surface area contributed by atoms with Crippen LogP contribution in [0.25, 0.3) is 0 Å². The zero-order chi connectivity index (χ0) is 17.5. The highest BCUT2D eigenvalue weighted by atomic mass is 16.5. The van der Waals surface area contributed by atoms with E-state index in [-0.39, 0.29) is 5.56 Å². The van der Waals surface area contributed by atoms with Crippen molar-refractivity contribution < 1.29 is 14.6 Å². The molecule has 1 aliphatic heterocycles. The average molecular weight is 341 g/mol. The third kappa shape index (κ3) is 4.93. The van der Waals surface area contributed by atoms with Gasteiger partial charge in [-0.1, -0.05) is 12.1 Å². The number of carboxylic acid groups (broad SMARTS) is 1. The third-order valence-electron chi connectivity index (χ3n) is 4.31. The van der Waals surface area contributed by atoms with Crippen molar-refractivity contribution in [3.05, 3.63) is 54.2 Å². The molecule has 3 rings (SSSR count). The molecule has 132 valence electrons. The Morgan fingerprint density at radius 1 is 1.12 bits per heavy atom. The highest BCUT2D eigenvalue weighted by Crippen LogP contribution is 2.15. The fourth-order valence-corrected chi connectivity index (χ4v) is 2.94. The molecule has 0 bridgehead atoms. The third-order valence-corrected chi connectivity index (χ3v) is 4.31. The molecule has 0 saturated carbocycles. The van der Waals surface area contributed by atoms with Crippen molar-refractivity contribution in [3.63, 3.8) is 0 Å². The van der Waals surface area contributed by atoms with Gasteiger partial charge in [-0.05, 0) is 36.8 Å². The van der Waals surface area contributed by atoms with Gasteiger partial charge in [0.2, 0.25) is 0 Å². The van der Waals surface area contributed by atoms with E-state index in [1.807, 2.05) is 18.3 Å². The summed E-state index contributed by atoms with van der Waals surface area (Å²) >= 11 is 0. The highest BCUT2D eigenvalue weighted by molar-refractivity contribution is 5.87. The summed E-state index contributed by atoms with van der Waals surface area (Å²) in [6.45, 7) is 5.57. The van der Waals surface area contributed by atoms with Crippen molar-refractivity contribution in [2.24, 2.45) is 0 Å². The number of nitrogens with zero attached hydrogens (tertiary/aromatic N) is 3. The molecule has 2 aromatic rings. The number of piperazine rings is 1. The fourth-order valence-electron chi connectivity index (χ4n) is 2.94. The van der Waals surface area contributed by atoms with E-state index in [1.54, 1.807) is 24.3 Å². The molecule has 1 aromatic carbocycles. The minimum atomic E-state index is -0.934. The predicted molar refractivity (Wildman–Crippen MR) is 96.4 cm³/mol. The van der Waals surface area contributed by atoms with Gasteiger partial charge in [-0.25, -0.2) is 9.78 Å². The normalized spacial score (nSPS) is 15.1. The number of aromatic carboxylic acids is 1. The molecule has 0 unspecified atom stereocenters. The first-order chi connectivity index (χ1) is 12.2. The van der Waals surface area contributed by atoms with Crippen LogP contribution in [0.4, 0.5) is 5.82 Å². The molecule has 0 radical (unpaired) electrons. The summed E-state index contributed by atoms with van der Waals surface area (Å²) in [5.41, 5.74) is 0.253. The maximum atomic E-state index is 10.9. The lowest BCUT2D eigenvalue weighted by atomic mass is 10.2. The molecule has 0 aliphatic carbocycles. The van der Waals surface area contributed by atoms with E-state index >= 15 is 0 Å². The minimum Gasteiger partial charge on any atom is -0.494 e. The van der Waals surface area contributed by atoms with Crippen LogP contribution in [0.2, 0.25) is 0 Å². The number of rotatable bonds is 7. The van der Waals surface area contributed by atoms with E-state index in [4.69, 9.17) is 9.84 Å². The smallest absolute Gasteiger partial charge is 0.335 e. The second-order valence-corrected chi connectivity index (χ2v) is 6.05. The van der Waals surface area contributed by atoms with E-state index in [0.29, 0.717) is 12.4 Å². The van der Waals surface area contributed by atoms with Crippen LogP contribution >= 0.6 is 0 Å². The molecule has 2 heterocycles. The SMILES string of the molecule is O=C(O)c1cccc(OCCCN2CCN(c3ccccn3)CC2)c1. The molecule has 1 N–H and O–H groups in total. The van der Waals surface area contributed by atoms with Crippen LogP contribution in [0.1, 0.15) is 16.8 Å². The summed E-state index contributed by atoms with van der Waals surface area (Å²) in [6.07, 6.45) is 2.75. The number of pyridine rings is 1. The van der Waals surface area contributed by atoms with Crippen LogP contribution < -0.4 is 9.64 Å². The summed E-state index contributed by atoms with van der Waals surface area (Å²) in [7, 11) is 0. The number of benzene rings is 1. The Kier molecular flexibility index (Phi) is 5.85. The second-order valence-electron chi connectivity index (χ2n) is 6.05. The fraction of sp³-hybridized carbons (Fsp3) is 0.368. The highest BCUT2D eigenvalue weighted by Gasteiger charge is 2.17. The maximum absolute atomic E-state index is 10.9. The average Bonchev–Trinajstić information content (AvgIpc) is 2.67. The zero-order valence-electron chi connectivity index (χ0n) is 14.2. The van der Waals surface area contributed by atoms with E-state index in [1.165, 1.54) is 0 Å². The van der Waals surface area contributed by atoms with Gasteiger partial charge in [-0.2, -0.15) is 0 Å². The summed E-state index contributed by atoms with van der Waals surface area (Å²) in [5, 5.41) is 8.98. The van der Waals surface area contributed by atoms with Gasteiger partial charge in [0, 0.05) is 38.9 Å². The van der Waals surface area contributed by atoms with Crippen molar-refractivity contribution in [3.8, 4) is 5.75 Å². The number of carboxylic acids is 1. The lowest BCUT2D eigenvalue weighted by Crippen LogP contribution is -2.47. The summed E-state index contributed by atoms with van der Waals surface area (Å²) < 4.78 is 5.67. The number of carbonyl (C=O) groups is 1. The van der Waals surface area contributed by atoms with Crippen molar-refractivity contribution in [1.29, 1.82) is 0 Å². The van der Waals surface area contributed by atoms with Crippen LogP contribution in [-0.4, -0.2) is 60.3 Å². The van der Waals surface area contributed by atoms with Gasteiger partial charge in [0.05, 0.1) is 12.2 Å². The number of aromatic nitrogens is 1. The largest absolute Gasteiger partial charge is 0.494 e. The van der Waals surface area contributed by atoms with Crippen molar-refractivity contribution in [2.45, 2.75) is 6.42 Å². The van der Waals surface area contributed by atoms with Crippen molar-refractivity contribution >= 4 is 11.8 Å². The number of hydrogen-bond donors (Lipinski definition) is 1. The van der Waals surface area contributed by atoms with Crippen LogP contribution in [0.3, 0.4) is 0 Å². The van der Waals surface area contributed by atoms with Gasteiger partial charge < -0.3 is 14.7 Å². The first kappa shape index (κ1) is 17.2. The van der Waals surface area contributed by atoms with E-state index < -0.39 is 5.97 Å². The van der Waals surface area contributed by atoms with E-state index in [2.05, 4.69) is 20.9 Å². The van der Waals surface area contributed by atoms with Gasteiger partial charge in [0.15, 0.2) is 0 Å². The Hall–Kier alpha value is -2.60. The zero-order valence-corrected chi connectivity index (χ0v) is 14.2. The monoisotopic (exact) mass is 341 g/mol. The molecule has 0 amide bonds. The molecule has 6 heteroatoms. The van der Waals surface area contributed by atoms with Crippen molar-refractivity contribution in [2.75, 3.05) is 44.2 Å². The Morgan fingerprint density at radius 3 is 2.68 bits per heavy atom. The first-order valence-electron chi connectivity index (χ1n) is 8.57. The van der Waals surface area contributed by atoms with Gasteiger partial charge in [-0.15, -0.1) is 0 Å². The molecule has 6 nitrogen and oxygen atoms in total. The Morgan fingerprint density at radius 2 is 1.96 bits per heavy atom. The van der Waals surface area contributed by atoms with Crippen molar-refractivity contribution in [1.82, 2.24) is 9.88 Å². The van der Waals surface area contributed by atoms with Crippen LogP contribution in [0, 0.1) is 0 Å². The summed E-state index contributed by atoms with van der Waals surface area (Å²) in [4.78, 5) is 20.1. The summed E-state index contributed by atoms with van der Waals surface area (Å²) in [6, 6.07) is 12.6. The molecule has 1 fully saturated rings. The lowest BCUT2D eigenvalue weighted by Gasteiger charge is -2.35. The summed E-state index contributed by atoms with van der Waals surface area (Å²) in [5.74, 6) is 0.722. The number of ether oxygens (including phenoxy) is 1. The predicted octanol–water partition coefficient (Wildman–Crippen LogP) is 2.37. The number of anilines is 1. The van der Waals surface area contributed by atoms with Crippen LogP contribution in [0.15, 0.2) is 48.7 Å². The molecule has 1 saturated heterocycles. The Bertz CT molecular complexity index is 685. The Labute approximate surface area is 147 Å². The number of hydrogen-bond acceptors (Lipinski definition) is 5. The molecule has 0 atom stereocenters. The maximum Gasteiger partial charge on any atom is 0.335 e. The van der Waals surface area contributed by atoms with Gasteiger partial charge >= 0.3 is 5.97 Å². The lowest BCUT2D eigenvalue weighted by molar-refractivity contribution is 0.0696. The van der Waals surface area contributed by atoms with E-state index in [0.717, 1.165) is 45.0 Å². The molecular weight excluding hydrogens is 318 g/mol. The molecule has 0 spiro atoms. The van der Waals surface area contributed by atoms with Gasteiger partial charge in [0.1, 0.15) is 11.6 Å². The quantitative estimate of drug-likeness (QED) is 0.780. The topological polar surface area (TPSA) is 65.9 Å².